The van der Waals surface area contributed by atoms with Crippen LogP contribution in [0.5, 0.6) is 0 Å². The summed E-state index contributed by atoms with van der Waals surface area (Å²) < 4.78 is 28.9. The van der Waals surface area contributed by atoms with Gasteiger partial charge in [0, 0.05) is 37.0 Å². The molecule has 7 nitrogen and oxygen atoms in total. The van der Waals surface area contributed by atoms with E-state index < -0.39 is 15.3 Å². The van der Waals surface area contributed by atoms with Crippen molar-refractivity contribution in [3.8, 4) is 0 Å². The van der Waals surface area contributed by atoms with Gasteiger partial charge in [-0.15, -0.1) is 0 Å². The van der Waals surface area contributed by atoms with E-state index in [-0.39, 0.29) is 6.04 Å². The molecule has 1 aliphatic heterocycles. The number of hydrogen-bond donors (Lipinski definition) is 1. The van der Waals surface area contributed by atoms with Gasteiger partial charge < -0.3 is 4.90 Å². The van der Waals surface area contributed by atoms with E-state index in [2.05, 4.69) is 19.7 Å². The van der Waals surface area contributed by atoms with Gasteiger partial charge in [0.2, 0.25) is 10.0 Å². The van der Waals surface area contributed by atoms with Crippen molar-refractivity contribution in [2.24, 2.45) is 0 Å². The lowest BCUT2D eigenvalue weighted by molar-refractivity contribution is 0.460. The Morgan fingerprint density at radius 2 is 2.17 bits per heavy atom. The number of fused-ring (bicyclic) bond motifs is 1. The Hall–Kier alpha value is -1.67. The van der Waals surface area contributed by atoms with Crippen LogP contribution in [0.2, 0.25) is 0 Å². The summed E-state index contributed by atoms with van der Waals surface area (Å²) in [5, 5.41) is 3.92. The predicted octanol–water partition coefficient (Wildman–Crippen LogP) is 1.33. The van der Waals surface area contributed by atoms with Crippen molar-refractivity contribution in [3.63, 3.8) is 0 Å². The Balaban J connectivity index is 1.84. The minimum atomic E-state index is -3.25. The van der Waals surface area contributed by atoms with Gasteiger partial charge in [-0.1, -0.05) is 0 Å². The highest BCUT2D eigenvalue weighted by molar-refractivity contribution is 7.90. The maximum atomic E-state index is 12.1. The Morgan fingerprint density at radius 3 is 2.91 bits per heavy atom. The molecule has 1 unspecified atom stereocenters. The lowest BCUT2D eigenvalue weighted by Gasteiger charge is -2.34. The molecule has 2 aromatic rings. The number of sulfonamides is 1. The molecule has 1 saturated heterocycles. The van der Waals surface area contributed by atoms with Crippen molar-refractivity contribution in [2.75, 3.05) is 18.0 Å². The third-order valence-electron chi connectivity index (χ3n) is 4.17. The first-order chi connectivity index (χ1) is 10.9. The standard InChI is InChI=1S/C15H23N5O2S/c1-11(2)23(21,22)18-13-5-4-8-19(10-13)15-9-12(3)17-14-6-7-16-20(14)15/h6-7,9,11,13,18H,4-5,8,10H2,1-3H3. The Kier molecular flexibility index (Phi) is 4.29. The van der Waals surface area contributed by atoms with Gasteiger partial charge in [-0.05, 0) is 33.6 Å². The van der Waals surface area contributed by atoms with Gasteiger partial charge in [0.25, 0.3) is 0 Å². The Morgan fingerprint density at radius 1 is 1.39 bits per heavy atom. The van der Waals surface area contributed by atoms with Crippen molar-refractivity contribution in [1.29, 1.82) is 0 Å². The first-order valence-corrected chi connectivity index (χ1v) is 9.49. The molecule has 1 N–H and O–H groups in total. The van der Waals surface area contributed by atoms with Gasteiger partial charge in [-0.25, -0.2) is 18.1 Å². The third kappa shape index (κ3) is 3.32. The molecule has 0 aliphatic carbocycles. The molecule has 126 valence electrons. The van der Waals surface area contributed by atoms with Crippen LogP contribution in [0.1, 0.15) is 32.4 Å². The summed E-state index contributed by atoms with van der Waals surface area (Å²) in [6, 6.07) is 3.80. The van der Waals surface area contributed by atoms with Crippen LogP contribution in [0.15, 0.2) is 18.3 Å². The topological polar surface area (TPSA) is 79.6 Å². The molecule has 1 atom stereocenters. The van der Waals surface area contributed by atoms with Crippen molar-refractivity contribution in [1.82, 2.24) is 19.3 Å². The van der Waals surface area contributed by atoms with Gasteiger partial charge in [0.1, 0.15) is 5.82 Å². The smallest absolute Gasteiger partial charge is 0.214 e. The van der Waals surface area contributed by atoms with E-state index in [1.807, 2.05) is 23.6 Å². The maximum Gasteiger partial charge on any atom is 0.214 e. The molecular formula is C15H23N5O2S. The van der Waals surface area contributed by atoms with Crippen molar-refractivity contribution in [2.45, 2.75) is 44.9 Å². The summed E-state index contributed by atoms with van der Waals surface area (Å²) in [7, 11) is -3.25. The first kappa shape index (κ1) is 16.2. The highest BCUT2D eigenvalue weighted by Gasteiger charge is 2.27. The second kappa shape index (κ2) is 6.09. The molecule has 23 heavy (non-hydrogen) atoms. The number of rotatable bonds is 4. The van der Waals surface area contributed by atoms with E-state index in [9.17, 15) is 8.42 Å². The molecular weight excluding hydrogens is 314 g/mol. The average molecular weight is 337 g/mol. The van der Waals surface area contributed by atoms with Crippen LogP contribution in [-0.2, 0) is 10.0 Å². The van der Waals surface area contributed by atoms with Crippen LogP contribution in [-0.4, -0.2) is 47.4 Å². The number of hydrogen-bond acceptors (Lipinski definition) is 5. The summed E-state index contributed by atoms with van der Waals surface area (Å²) in [6.07, 6.45) is 3.53. The molecule has 0 bridgehead atoms. The average Bonchev–Trinajstić information content (AvgIpc) is 2.94. The van der Waals surface area contributed by atoms with Crippen LogP contribution >= 0.6 is 0 Å². The SMILES string of the molecule is Cc1cc(N2CCCC(NS(=O)(=O)C(C)C)C2)n2nccc2n1. The zero-order valence-electron chi connectivity index (χ0n) is 13.7. The molecule has 0 saturated carbocycles. The van der Waals surface area contributed by atoms with Gasteiger partial charge in [0.15, 0.2) is 5.65 Å². The molecule has 0 aromatic carbocycles. The minimum absolute atomic E-state index is 0.0739. The molecule has 0 amide bonds. The lowest BCUT2D eigenvalue weighted by atomic mass is 10.1. The van der Waals surface area contributed by atoms with Crippen molar-refractivity contribution < 1.29 is 8.42 Å². The lowest BCUT2D eigenvalue weighted by Crippen LogP contribution is -2.49. The fourth-order valence-electron chi connectivity index (χ4n) is 2.89. The number of nitrogens with zero attached hydrogens (tertiary/aromatic N) is 4. The summed E-state index contributed by atoms with van der Waals surface area (Å²) >= 11 is 0. The second-order valence-corrected chi connectivity index (χ2v) is 8.62. The van der Waals surface area contributed by atoms with Gasteiger partial charge in [0.05, 0.1) is 11.4 Å². The predicted molar refractivity (Wildman–Crippen MR) is 90.2 cm³/mol. The monoisotopic (exact) mass is 337 g/mol. The molecule has 1 fully saturated rings. The zero-order chi connectivity index (χ0) is 16.6. The number of anilines is 1. The van der Waals surface area contributed by atoms with Crippen LogP contribution in [0.3, 0.4) is 0 Å². The van der Waals surface area contributed by atoms with Crippen LogP contribution in [0, 0.1) is 6.92 Å². The molecule has 0 spiro atoms. The molecule has 0 radical (unpaired) electrons. The highest BCUT2D eigenvalue weighted by atomic mass is 32.2. The summed E-state index contributed by atoms with van der Waals surface area (Å²) in [5.41, 5.74) is 1.74. The largest absolute Gasteiger partial charge is 0.355 e. The summed E-state index contributed by atoms with van der Waals surface area (Å²) in [4.78, 5) is 6.64. The molecule has 2 aromatic heterocycles. The van der Waals surface area contributed by atoms with Crippen LogP contribution in [0.4, 0.5) is 5.82 Å². The number of aromatic nitrogens is 3. The maximum absolute atomic E-state index is 12.1. The molecule has 3 rings (SSSR count). The van der Waals surface area contributed by atoms with E-state index in [0.29, 0.717) is 6.54 Å². The fourth-order valence-corrected chi connectivity index (χ4v) is 3.82. The highest BCUT2D eigenvalue weighted by Crippen LogP contribution is 2.22. The van der Waals surface area contributed by atoms with Gasteiger partial charge >= 0.3 is 0 Å². The number of nitrogens with one attached hydrogen (secondary N) is 1. The molecule has 3 heterocycles. The number of aryl methyl sites for hydroxylation is 1. The van der Waals surface area contributed by atoms with Gasteiger partial charge in [-0.3, -0.25) is 0 Å². The first-order valence-electron chi connectivity index (χ1n) is 7.94. The van der Waals surface area contributed by atoms with Crippen LogP contribution in [0.25, 0.3) is 5.65 Å². The normalized spacial score (nSPS) is 19.7. The summed E-state index contributed by atoms with van der Waals surface area (Å²) in [6.45, 7) is 6.88. The Labute approximate surface area is 136 Å². The van der Waals surface area contributed by atoms with E-state index in [1.54, 1.807) is 20.0 Å². The van der Waals surface area contributed by atoms with E-state index in [0.717, 1.165) is 36.5 Å². The zero-order valence-corrected chi connectivity index (χ0v) is 14.5. The summed E-state index contributed by atoms with van der Waals surface area (Å²) in [5.74, 6) is 0.964. The minimum Gasteiger partial charge on any atom is -0.355 e. The quantitative estimate of drug-likeness (QED) is 0.910. The number of piperidine rings is 1. The second-order valence-electron chi connectivity index (χ2n) is 6.35. The van der Waals surface area contributed by atoms with Crippen LogP contribution < -0.4 is 9.62 Å². The van der Waals surface area contributed by atoms with E-state index in [1.165, 1.54) is 0 Å². The fraction of sp³-hybridized carbons (Fsp3) is 0.600. The van der Waals surface area contributed by atoms with Gasteiger partial charge in [-0.2, -0.15) is 9.61 Å². The Bertz CT molecular complexity index is 799. The molecule has 8 heteroatoms. The van der Waals surface area contributed by atoms with E-state index in [4.69, 9.17) is 0 Å². The third-order valence-corrected chi connectivity index (χ3v) is 6.07. The molecule has 1 aliphatic rings. The van der Waals surface area contributed by atoms with Crippen molar-refractivity contribution in [3.05, 3.63) is 24.0 Å². The van der Waals surface area contributed by atoms with E-state index >= 15 is 0 Å². The van der Waals surface area contributed by atoms with Crippen molar-refractivity contribution >= 4 is 21.5 Å².